The number of halogens is 1. The van der Waals surface area contributed by atoms with Gasteiger partial charge in [0.2, 0.25) is 0 Å². The van der Waals surface area contributed by atoms with E-state index in [9.17, 15) is 9.50 Å². The van der Waals surface area contributed by atoms with Crippen LogP contribution in [0.15, 0.2) is 73.1 Å². The largest absolute Gasteiger partial charge is 0.506 e. The second kappa shape index (κ2) is 9.60. The van der Waals surface area contributed by atoms with Gasteiger partial charge in [-0.25, -0.2) is 9.37 Å². The van der Waals surface area contributed by atoms with Gasteiger partial charge in [0.15, 0.2) is 0 Å². The van der Waals surface area contributed by atoms with Gasteiger partial charge in [0.05, 0.1) is 23.1 Å². The molecule has 0 radical (unpaired) electrons. The first-order valence-electron chi connectivity index (χ1n) is 12.1. The number of H-pyrrole nitrogens is 2. The second-order valence-corrected chi connectivity index (χ2v) is 9.37. The molecule has 3 N–H and O–H groups in total. The summed E-state index contributed by atoms with van der Waals surface area (Å²) in [5.41, 5.74) is 6.75. The van der Waals surface area contributed by atoms with Crippen molar-refractivity contribution in [3.8, 4) is 45.3 Å². The first kappa shape index (κ1) is 23.6. The number of pyridine rings is 2. The van der Waals surface area contributed by atoms with E-state index in [4.69, 9.17) is 9.72 Å². The third-order valence-electron chi connectivity index (χ3n) is 6.34. The average molecular weight is 509 g/mol. The zero-order valence-corrected chi connectivity index (χ0v) is 20.9. The number of aromatic nitrogens is 5. The van der Waals surface area contributed by atoms with Gasteiger partial charge in [-0.05, 0) is 67.7 Å². The minimum Gasteiger partial charge on any atom is -0.506 e. The molecular formula is C29H25FN6O2. The van der Waals surface area contributed by atoms with E-state index in [0.29, 0.717) is 34.8 Å². The topological polar surface area (TPSA) is 103 Å². The zero-order chi connectivity index (χ0) is 26.2. The summed E-state index contributed by atoms with van der Waals surface area (Å²) >= 11 is 0. The molecular weight excluding hydrogens is 483 g/mol. The molecule has 6 rings (SSSR count). The fraction of sp³-hybridized carbons (Fsp3) is 0.138. The van der Waals surface area contributed by atoms with Gasteiger partial charge in [0.1, 0.15) is 35.1 Å². The van der Waals surface area contributed by atoms with E-state index in [2.05, 4.69) is 20.2 Å². The van der Waals surface area contributed by atoms with Gasteiger partial charge in [-0.2, -0.15) is 5.10 Å². The van der Waals surface area contributed by atoms with Gasteiger partial charge in [0, 0.05) is 35.3 Å². The number of fused-ring (bicyclic) bond motifs is 2. The molecule has 0 saturated carbocycles. The molecule has 0 spiro atoms. The molecule has 4 aromatic heterocycles. The van der Waals surface area contributed by atoms with Gasteiger partial charge in [-0.15, -0.1) is 0 Å². The van der Waals surface area contributed by atoms with Crippen LogP contribution in [0, 0.1) is 5.82 Å². The normalized spacial score (nSPS) is 11.6. The Balaban J connectivity index is 1.40. The van der Waals surface area contributed by atoms with E-state index in [1.165, 1.54) is 18.3 Å². The third kappa shape index (κ3) is 4.55. The number of benzene rings is 2. The summed E-state index contributed by atoms with van der Waals surface area (Å²) in [7, 11) is 3.93. The lowest BCUT2D eigenvalue weighted by atomic mass is 10.0. The maximum Gasteiger partial charge on any atom is 0.135 e. The monoisotopic (exact) mass is 508 g/mol. The molecule has 0 bridgehead atoms. The molecule has 0 aliphatic heterocycles. The Morgan fingerprint density at radius 1 is 0.974 bits per heavy atom. The number of aromatic amines is 2. The highest BCUT2D eigenvalue weighted by atomic mass is 19.1. The van der Waals surface area contributed by atoms with Crippen LogP contribution in [0.1, 0.15) is 0 Å². The first-order valence-corrected chi connectivity index (χ1v) is 12.1. The maximum absolute atomic E-state index is 14.6. The number of hydrogen-bond donors (Lipinski definition) is 3. The lowest BCUT2D eigenvalue weighted by Gasteiger charge is -2.12. The van der Waals surface area contributed by atoms with Crippen LogP contribution in [-0.4, -0.2) is 62.4 Å². The highest BCUT2D eigenvalue weighted by molar-refractivity contribution is 6.00. The standard InChI is InChI=1S/C29H25FN6O2/c1-36(2)8-9-38-21-12-17(10-19(30)13-21)22-4-3-5-25-23(22)14-27(32-25)29-28-26(34-35-29)7-6-24(33-28)18-11-20(37)16-31-15-18/h3-7,10-16,32,37H,8-9H2,1-2H3,(H,34,35). The summed E-state index contributed by atoms with van der Waals surface area (Å²) < 4.78 is 20.4. The Morgan fingerprint density at radius 3 is 2.71 bits per heavy atom. The van der Waals surface area contributed by atoms with Gasteiger partial charge in [-0.3, -0.25) is 10.1 Å². The van der Waals surface area contributed by atoms with Crippen LogP contribution in [0.2, 0.25) is 0 Å². The fourth-order valence-electron chi connectivity index (χ4n) is 4.50. The molecule has 8 nitrogen and oxygen atoms in total. The van der Waals surface area contributed by atoms with E-state index < -0.39 is 0 Å². The molecule has 0 unspecified atom stereocenters. The van der Waals surface area contributed by atoms with Crippen molar-refractivity contribution >= 4 is 21.9 Å². The molecule has 4 heterocycles. The summed E-state index contributed by atoms with van der Waals surface area (Å²) in [6.45, 7) is 1.20. The molecule has 38 heavy (non-hydrogen) atoms. The van der Waals surface area contributed by atoms with Crippen molar-refractivity contribution in [3.63, 3.8) is 0 Å². The van der Waals surface area contributed by atoms with Crippen molar-refractivity contribution in [2.75, 3.05) is 27.2 Å². The van der Waals surface area contributed by atoms with Gasteiger partial charge in [-0.1, -0.05) is 12.1 Å². The van der Waals surface area contributed by atoms with Crippen molar-refractivity contribution in [3.05, 3.63) is 78.9 Å². The predicted octanol–water partition coefficient (Wildman–Crippen LogP) is 5.62. The average Bonchev–Trinajstić information content (AvgIpc) is 3.51. The summed E-state index contributed by atoms with van der Waals surface area (Å²) in [5.74, 6) is 0.209. The minimum atomic E-state index is -0.355. The number of ether oxygens (including phenoxy) is 1. The van der Waals surface area contributed by atoms with Crippen LogP contribution in [0.3, 0.4) is 0 Å². The number of rotatable bonds is 7. The van der Waals surface area contributed by atoms with E-state index >= 15 is 0 Å². The first-order chi connectivity index (χ1) is 18.4. The lowest BCUT2D eigenvalue weighted by Crippen LogP contribution is -2.19. The molecule has 0 saturated heterocycles. The number of nitrogens with one attached hydrogen (secondary N) is 2. The van der Waals surface area contributed by atoms with Gasteiger partial charge >= 0.3 is 0 Å². The number of aromatic hydroxyl groups is 1. The SMILES string of the molecule is CN(C)CCOc1cc(F)cc(-c2cccc3[nH]c(-c4n[nH]c5ccc(-c6cncc(O)c6)nc45)cc23)c1. The number of hydrogen-bond acceptors (Lipinski definition) is 6. The predicted molar refractivity (Wildman–Crippen MR) is 146 cm³/mol. The van der Waals surface area contributed by atoms with Crippen molar-refractivity contribution in [2.24, 2.45) is 0 Å². The highest BCUT2D eigenvalue weighted by Crippen LogP contribution is 2.35. The molecule has 9 heteroatoms. The smallest absolute Gasteiger partial charge is 0.135 e. The maximum atomic E-state index is 14.6. The number of likely N-dealkylation sites (N-methyl/N-ethyl adjacent to an activating group) is 1. The quantitative estimate of drug-likeness (QED) is 0.259. The van der Waals surface area contributed by atoms with E-state index in [0.717, 1.165) is 39.8 Å². The second-order valence-electron chi connectivity index (χ2n) is 9.37. The molecule has 0 aliphatic carbocycles. The Kier molecular flexibility index (Phi) is 5.97. The van der Waals surface area contributed by atoms with E-state index in [1.807, 2.05) is 61.5 Å². The minimum absolute atomic E-state index is 0.0727. The third-order valence-corrected chi connectivity index (χ3v) is 6.34. The van der Waals surface area contributed by atoms with Crippen molar-refractivity contribution in [1.29, 1.82) is 0 Å². The molecule has 0 atom stereocenters. The molecule has 0 aliphatic rings. The summed E-state index contributed by atoms with van der Waals surface area (Å²) in [6.07, 6.45) is 3.03. The van der Waals surface area contributed by atoms with Gasteiger partial charge in [0.25, 0.3) is 0 Å². The van der Waals surface area contributed by atoms with Crippen LogP contribution >= 0.6 is 0 Å². The van der Waals surface area contributed by atoms with Crippen LogP contribution < -0.4 is 4.74 Å². The summed E-state index contributed by atoms with van der Waals surface area (Å²) in [4.78, 5) is 14.3. The highest BCUT2D eigenvalue weighted by Gasteiger charge is 2.16. The van der Waals surface area contributed by atoms with Gasteiger partial charge < -0.3 is 19.7 Å². The van der Waals surface area contributed by atoms with Crippen molar-refractivity contribution < 1.29 is 14.2 Å². The van der Waals surface area contributed by atoms with E-state index in [-0.39, 0.29) is 11.6 Å². The molecule has 6 aromatic rings. The fourth-order valence-corrected chi connectivity index (χ4v) is 4.50. The molecule has 0 amide bonds. The summed E-state index contributed by atoms with van der Waals surface area (Å²) in [5, 5.41) is 18.3. The Morgan fingerprint density at radius 2 is 1.87 bits per heavy atom. The number of nitrogens with zero attached hydrogens (tertiary/aromatic N) is 4. The van der Waals surface area contributed by atoms with Crippen molar-refractivity contribution in [2.45, 2.75) is 0 Å². The van der Waals surface area contributed by atoms with Crippen LogP contribution in [0.25, 0.3) is 55.7 Å². The summed E-state index contributed by atoms with van der Waals surface area (Å²) in [6, 6.07) is 18.0. The van der Waals surface area contributed by atoms with Crippen LogP contribution in [0.4, 0.5) is 4.39 Å². The van der Waals surface area contributed by atoms with Crippen molar-refractivity contribution in [1.82, 2.24) is 30.0 Å². The lowest BCUT2D eigenvalue weighted by molar-refractivity contribution is 0.260. The molecule has 2 aromatic carbocycles. The zero-order valence-electron chi connectivity index (χ0n) is 20.9. The molecule has 190 valence electrons. The Hall–Kier alpha value is -4.76. The van der Waals surface area contributed by atoms with Crippen LogP contribution in [0.5, 0.6) is 11.5 Å². The van der Waals surface area contributed by atoms with Crippen LogP contribution in [-0.2, 0) is 0 Å². The molecule has 0 fully saturated rings. The van der Waals surface area contributed by atoms with E-state index in [1.54, 1.807) is 12.3 Å². The Labute approximate surface area is 217 Å². The Bertz CT molecular complexity index is 1770.